The van der Waals surface area contributed by atoms with Crippen LogP contribution in [0.15, 0.2) is 0 Å². The van der Waals surface area contributed by atoms with E-state index in [1.807, 2.05) is 6.92 Å². The van der Waals surface area contributed by atoms with E-state index in [1.54, 1.807) is 6.92 Å². The molecule has 1 aliphatic carbocycles. The van der Waals surface area contributed by atoms with Crippen molar-refractivity contribution in [3.05, 3.63) is 0 Å². The Hall–Kier alpha value is -0.660. The summed E-state index contributed by atoms with van der Waals surface area (Å²) in [5.41, 5.74) is 0. The number of hydrogen-bond acceptors (Lipinski definition) is 2. The number of carbonyl (C=O) groups is 2. The third kappa shape index (κ3) is 2.93. The summed E-state index contributed by atoms with van der Waals surface area (Å²) in [5, 5.41) is 0. The quantitative estimate of drug-likeness (QED) is 0.692. The number of Topliss-reactive ketones (excluding diaryl/α,β-unsaturated/α-hetero) is 2. The molecule has 0 aromatic heterocycles. The van der Waals surface area contributed by atoms with Crippen molar-refractivity contribution in [2.45, 2.75) is 52.4 Å². The lowest BCUT2D eigenvalue weighted by molar-refractivity contribution is -0.126. The van der Waals surface area contributed by atoms with E-state index in [1.165, 1.54) is 0 Å². The SMILES string of the molecule is CCCC(=O)[C@@H]1CCC[C@H](C(C)=O)C1. The van der Waals surface area contributed by atoms with Gasteiger partial charge in [-0.2, -0.15) is 0 Å². The van der Waals surface area contributed by atoms with E-state index < -0.39 is 0 Å². The summed E-state index contributed by atoms with van der Waals surface area (Å²) in [6, 6.07) is 0. The van der Waals surface area contributed by atoms with Crippen LogP contribution in [0.1, 0.15) is 52.4 Å². The molecular weight excluding hydrogens is 176 g/mol. The van der Waals surface area contributed by atoms with Crippen molar-refractivity contribution in [1.29, 1.82) is 0 Å². The van der Waals surface area contributed by atoms with Gasteiger partial charge in [-0.3, -0.25) is 9.59 Å². The van der Waals surface area contributed by atoms with Gasteiger partial charge in [-0.1, -0.05) is 13.3 Å². The van der Waals surface area contributed by atoms with E-state index in [0.29, 0.717) is 12.2 Å². The summed E-state index contributed by atoms with van der Waals surface area (Å²) < 4.78 is 0. The molecule has 14 heavy (non-hydrogen) atoms. The lowest BCUT2D eigenvalue weighted by atomic mass is 9.77. The van der Waals surface area contributed by atoms with Crippen molar-refractivity contribution in [3.8, 4) is 0 Å². The van der Waals surface area contributed by atoms with Crippen molar-refractivity contribution >= 4 is 11.6 Å². The zero-order chi connectivity index (χ0) is 10.6. The second-order valence-electron chi connectivity index (χ2n) is 4.39. The summed E-state index contributed by atoms with van der Waals surface area (Å²) in [4.78, 5) is 22.9. The maximum atomic E-state index is 11.7. The van der Waals surface area contributed by atoms with E-state index in [4.69, 9.17) is 0 Å². The lowest BCUT2D eigenvalue weighted by Crippen LogP contribution is -2.26. The Morgan fingerprint density at radius 1 is 1.21 bits per heavy atom. The van der Waals surface area contributed by atoms with Crippen molar-refractivity contribution < 1.29 is 9.59 Å². The summed E-state index contributed by atoms with van der Waals surface area (Å²) in [6.07, 6.45) is 5.47. The Morgan fingerprint density at radius 2 is 1.86 bits per heavy atom. The lowest BCUT2D eigenvalue weighted by Gasteiger charge is -2.26. The van der Waals surface area contributed by atoms with Crippen molar-refractivity contribution in [1.82, 2.24) is 0 Å². The van der Waals surface area contributed by atoms with Crippen LogP contribution in [0.25, 0.3) is 0 Å². The largest absolute Gasteiger partial charge is 0.300 e. The number of rotatable bonds is 4. The van der Waals surface area contributed by atoms with Crippen LogP contribution in [0, 0.1) is 11.8 Å². The first kappa shape index (κ1) is 11.4. The smallest absolute Gasteiger partial charge is 0.135 e. The zero-order valence-corrected chi connectivity index (χ0v) is 9.21. The van der Waals surface area contributed by atoms with E-state index >= 15 is 0 Å². The highest BCUT2D eigenvalue weighted by molar-refractivity contribution is 5.83. The van der Waals surface area contributed by atoms with Gasteiger partial charge in [0.05, 0.1) is 0 Å². The van der Waals surface area contributed by atoms with Gasteiger partial charge in [0.25, 0.3) is 0 Å². The number of ketones is 2. The monoisotopic (exact) mass is 196 g/mol. The number of hydrogen-bond donors (Lipinski definition) is 0. The molecule has 0 aromatic carbocycles. The molecule has 2 heteroatoms. The molecule has 0 radical (unpaired) electrons. The van der Waals surface area contributed by atoms with E-state index in [9.17, 15) is 9.59 Å². The first-order valence-corrected chi connectivity index (χ1v) is 5.68. The maximum absolute atomic E-state index is 11.7. The topological polar surface area (TPSA) is 34.1 Å². The van der Waals surface area contributed by atoms with Crippen molar-refractivity contribution in [3.63, 3.8) is 0 Å². The van der Waals surface area contributed by atoms with Gasteiger partial charge in [-0.25, -0.2) is 0 Å². The molecule has 0 unspecified atom stereocenters. The van der Waals surface area contributed by atoms with Gasteiger partial charge < -0.3 is 0 Å². The normalized spacial score (nSPS) is 27.3. The third-order valence-electron chi connectivity index (χ3n) is 3.20. The van der Waals surface area contributed by atoms with Crippen LogP contribution in [0.5, 0.6) is 0 Å². The molecule has 0 aromatic rings. The van der Waals surface area contributed by atoms with Gasteiger partial charge in [0.1, 0.15) is 11.6 Å². The second kappa shape index (κ2) is 5.28. The fraction of sp³-hybridized carbons (Fsp3) is 0.833. The Bertz CT molecular complexity index is 220. The summed E-state index contributed by atoms with van der Waals surface area (Å²) in [6.45, 7) is 3.68. The highest BCUT2D eigenvalue weighted by atomic mass is 16.1. The first-order valence-electron chi connectivity index (χ1n) is 5.68. The van der Waals surface area contributed by atoms with Gasteiger partial charge in [0.15, 0.2) is 0 Å². The van der Waals surface area contributed by atoms with Crippen molar-refractivity contribution in [2.75, 3.05) is 0 Å². The highest BCUT2D eigenvalue weighted by Gasteiger charge is 2.28. The van der Waals surface area contributed by atoms with E-state index in [2.05, 4.69) is 0 Å². The van der Waals surface area contributed by atoms with Crippen LogP contribution >= 0.6 is 0 Å². The number of carbonyl (C=O) groups excluding carboxylic acids is 2. The molecule has 1 fully saturated rings. The van der Waals surface area contributed by atoms with Crippen LogP contribution in [-0.4, -0.2) is 11.6 Å². The molecule has 1 rings (SSSR count). The van der Waals surface area contributed by atoms with E-state index in [-0.39, 0.29) is 17.6 Å². The molecule has 1 saturated carbocycles. The van der Waals surface area contributed by atoms with Gasteiger partial charge in [0, 0.05) is 18.3 Å². The Kier molecular flexibility index (Phi) is 4.30. The van der Waals surface area contributed by atoms with Gasteiger partial charge in [0.2, 0.25) is 0 Å². The van der Waals surface area contributed by atoms with Gasteiger partial charge >= 0.3 is 0 Å². The molecule has 1 aliphatic rings. The van der Waals surface area contributed by atoms with Gasteiger partial charge in [-0.05, 0) is 32.6 Å². The molecular formula is C12H20O2. The molecule has 0 bridgehead atoms. The highest BCUT2D eigenvalue weighted by Crippen LogP contribution is 2.30. The minimum absolute atomic E-state index is 0.162. The summed E-state index contributed by atoms with van der Waals surface area (Å²) in [5.74, 6) is 0.976. The second-order valence-corrected chi connectivity index (χ2v) is 4.39. The van der Waals surface area contributed by atoms with Gasteiger partial charge in [-0.15, -0.1) is 0 Å². The van der Waals surface area contributed by atoms with Crippen LogP contribution < -0.4 is 0 Å². The molecule has 0 amide bonds. The molecule has 0 spiro atoms. The summed E-state index contributed by atoms with van der Waals surface area (Å²) >= 11 is 0. The minimum Gasteiger partial charge on any atom is -0.300 e. The first-order chi connectivity index (χ1) is 6.65. The molecule has 2 atom stereocenters. The molecule has 0 heterocycles. The zero-order valence-electron chi connectivity index (χ0n) is 9.21. The molecule has 0 N–H and O–H groups in total. The molecule has 0 saturated heterocycles. The third-order valence-corrected chi connectivity index (χ3v) is 3.20. The minimum atomic E-state index is 0.162. The van der Waals surface area contributed by atoms with Crippen LogP contribution in [0.3, 0.4) is 0 Å². The predicted octanol–water partition coefficient (Wildman–Crippen LogP) is 2.75. The molecule has 2 nitrogen and oxygen atoms in total. The average molecular weight is 196 g/mol. The molecule has 80 valence electrons. The van der Waals surface area contributed by atoms with Crippen LogP contribution in [0.4, 0.5) is 0 Å². The predicted molar refractivity (Wildman–Crippen MR) is 56.0 cm³/mol. The maximum Gasteiger partial charge on any atom is 0.135 e. The Labute approximate surface area is 86.1 Å². The fourth-order valence-electron chi connectivity index (χ4n) is 2.30. The standard InChI is InChI=1S/C12H20O2/c1-3-5-12(14)11-7-4-6-10(8-11)9(2)13/h10-11H,3-8H2,1-2H3/t10-,11+/m0/s1. The summed E-state index contributed by atoms with van der Waals surface area (Å²) in [7, 11) is 0. The Morgan fingerprint density at radius 3 is 2.43 bits per heavy atom. The molecule has 0 aliphatic heterocycles. The fourth-order valence-corrected chi connectivity index (χ4v) is 2.30. The van der Waals surface area contributed by atoms with E-state index in [0.717, 1.165) is 32.1 Å². The van der Waals surface area contributed by atoms with Crippen molar-refractivity contribution in [2.24, 2.45) is 11.8 Å². The Balaban J connectivity index is 2.47. The average Bonchev–Trinajstić information content (AvgIpc) is 2.18. The van der Waals surface area contributed by atoms with Crippen LogP contribution in [0.2, 0.25) is 0 Å². The van der Waals surface area contributed by atoms with Crippen LogP contribution in [-0.2, 0) is 9.59 Å².